The molecule has 0 fully saturated rings. The smallest absolute Gasteiger partial charge is 0.0810 e. The van der Waals surface area contributed by atoms with Gasteiger partial charge in [-0.2, -0.15) is 5.10 Å². The second kappa shape index (κ2) is 2.90. The molecular weight excluding hydrogens is 150 g/mol. The standard InChI is InChI=1S/C9H15N3/c1-3-4-12-6-8-7(2)10-5-9(8)11-12/h6-7,10H,3-5H2,1-2H3. The predicted molar refractivity (Wildman–Crippen MR) is 47.8 cm³/mol. The lowest BCUT2D eigenvalue weighted by Crippen LogP contribution is -2.10. The SMILES string of the molecule is CCCn1cc2c(n1)CNC2C. The molecule has 0 aliphatic carbocycles. The van der Waals surface area contributed by atoms with E-state index in [2.05, 4.69) is 35.1 Å². The summed E-state index contributed by atoms with van der Waals surface area (Å²) >= 11 is 0. The van der Waals surface area contributed by atoms with Crippen LogP contribution in [0.1, 0.15) is 37.6 Å². The van der Waals surface area contributed by atoms with Gasteiger partial charge in [0.15, 0.2) is 0 Å². The Morgan fingerprint density at radius 2 is 2.58 bits per heavy atom. The molecule has 12 heavy (non-hydrogen) atoms. The van der Waals surface area contributed by atoms with Crippen molar-refractivity contribution in [3.8, 4) is 0 Å². The van der Waals surface area contributed by atoms with E-state index in [1.165, 1.54) is 11.3 Å². The molecule has 66 valence electrons. The van der Waals surface area contributed by atoms with Gasteiger partial charge in [-0.05, 0) is 13.3 Å². The molecule has 1 atom stereocenters. The van der Waals surface area contributed by atoms with Crippen molar-refractivity contribution in [2.75, 3.05) is 0 Å². The van der Waals surface area contributed by atoms with Crippen LogP contribution < -0.4 is 5.32 Å². The highest BCUT2D eigenvalue weighted by atomic mass is 15.3. The van der Waals surface area contributed by atoms with E-state index < -0.39 is 0 Å². The lowest BCUT2D eigenvalue weighted by atomic mass is 10.2. The normalized spacial score (nSPS) is 21.3. The number of nitrogens with zero attached hydrogens (tertiary/aromatic N) is 2. The van der Waals surface area contributed by atoms with Gasteiger partial charge in [-0.1, -0.05) is 6.92 Å². The lowest BCUT2D eigenvalue weighted by Gasteiger charge is -2.02. The lowest BCUT2D eigenvalue weighted by molar-refractivity contribution is 0.564. The van der Waals surface area contributed by atoms with Gasteiger partial charge in [-0.15, -0.1) is 0 Å². The Labute approximate surface area is 72.8 Å². The van der Waals surface area contributed by atoms with E-state index in [1.807, 2.05) is 0 Å². The fourth-order valence-corrected chi connectivity index (χ4v) is 1.68. The van der Waals surface area contributed by atoms with E-state index in [-0.39, 0.29) is 0 Å². The molecule has 1 N–H and O–H groups in total. The zero-order valence-corrected chi connectivity index (χ0v) is 7.67. The van der Waals surface area contributed by atoms with Gasteiger partial charge in [0.1, 0.15) is 0 Å². The van der Waals surface area contributed by atoms with Gasteiger partial charge in [-0.25, -0.2) is 0 Å². The van der Waals surface area contributed by atoms with E-state index >= 15 is 0 Å². The maximum atomic E-state index is 4.49. The van der Waals surface area contributed by atoms with Crippen molar-refractivity contribution in [3.63, 3.8) is 0 Å². The van der Waals surface area contributed by atoms with Crippen LogP contribution in [0.25, 0.3) is 0 Å². The van der Waals surface area contributed by atoms with Crippen LogP contribution in [-0.4, -0.2) is 9.78 Å². The summed E-state index contributed by atoms with van der Waals surface area (Å²) in [4.78, 5) is 0. The third-order valence-electron chi connectivity index (χ3n) is 2.37. The fourth-order valence-electron chi connectivity index (χ4n) is 1.68. The Morgan fingerprint density at radius 3 is 3.25 bits per heavy atom. The number of hydrogen-bond acceptors (Lipinski definition) is 2. The first-order valence-corrected chi connectivity index (χ1v) is 4.61. The molecule has 0 radical (unpaired) electrons. The van der Waals surface area contributed by atoms with Gasteiger partial charge in [0.2, 0.25) is 0 Å². The third kappa shape index (κ3) is 1.14. The highest BCUT2D eigenvalue weighted by Crippen LogP contribution is 2.22. The quantitative estimate of drug-likeness (QED) is 0.719. The summed E-state index contributed by atoms with van der Waals surface area (Å²) in [5, 5.41) is 7.84. The Kier molecular flexibility index (Phi) is 1.89. The zero-order valence-electron chi connectivity index (χ0n) is 7.67. The van der Waals surface area contributed by atoms with Gasteiger partial charge in [-0.3, -0.25) is 4.68 Å². The van der Waals surface area contributed by atoms with Gasteiger partial charge in [0, 0.05) is 30.9 Å². The monoisotopic (exact) mass is 165 g/mol. The van der Waals surface area contributed by atoms with Gasteiger partial charge < -0.3 is 5.32 Å². The molecule has 3 heteroatoms. The Hall–Kier alpha value is -0.830. The summed E-state index contributed by atoms with van der Waals surface area (Å²) in [6.07, 6.45) is 3.33. The number of rotatable bonds is 2. The summed E-state index contributed by atoms with van der Waals surface area (Å²) in [5.41, 5.74) is 2.61. The molecule has 1 unspecified atom stereocenters. The summed E-state index contributed by atoms with van der Waals surface area (Å²) in [6, 6.07) is 0.491. The van der Waals surface area contributed by atoms with Crippen molar-refractivity contribution in [1.29, 1.82) is 0 Å². The topological polar surface area (TPSA) is 29.9 Å². The molecule has 3 nitrogen and oxygen atoms in total. The minimum atomic E-state index is 0.491. The summed E-state index contributed by atoms with van der Waals surface area (Å²) < 4.78 is 2.06. The molecule has 0 amide bonds. The molecule has 1 aliphatic rings. The molecule has 0 saturated carbocycles. The third-order valence-corrected chi connectivity index (χ3v) is 2.37. The first kappa shape index (κ1) is 7.80. The molecule has 1 aliphatic heterocycles. The molecular formula is C9H15N3. The van der Waals surface area contributed by atoms with Crippen molar-refractivity contribution in [2.24, 2.45) is 0 Å². The highest BCUT2D eigenvalue weighted by Gasteiger charge is 2.20. The molecule has 1 aromatic rings. The van der Waals surface area contributed by atoms with Crippen molar-refractivity contribution >= 4 is 0 Å². The summed E-state index contributed by atoms with van der Waals surface area (Å²) in [7, 11) is 0. The molecule has 0 aromatic carbocycles. The molecule has 0 saturated heterocycles. The van der Waals surface area contributed by atoms with E-state index in [0.29, 0.717) is 6.04 Å². The number of fused-ring (bicyclic) bond motifs is 1. The largest absolute Gasteiger partial charge is 0.304 e. The maximum absolute atomic E-state index is 4.49. The molecule has 2 heterocycles. The van der Waals surface area contributed by atoms with E-state index in [0.717, 1.165) is 19.5 Å². The van der Waals surface area contributed by atoms with E-state index in [9.17, 15) is 0 Å². The van der Waals surface area contributed by atoms with E-state index in [4.69, 9.17) is 0 Å². The Balaban J connectivity index is 2.24. The number of aryl methyl sites for hydroxylation is 1. The van der Waals surface area contributed by atoms with Crippen molar-refractivity contribution in [3.05, 3.63) is 17.5 Å². The van der Waals surface area contributed by atoms with Crippen LogP contribution in [0.4, 0.5) is 0 Å². The van der Waals surface area contributed by atoms with Crippen LogP contribution in [0.2, 0.25) is 0 Å². The Bertz CT molecular complexity index is 277. The average molecular weight is 165 g/mol. The van der Waals surface area contributed by atoms with Crippen molar-refractivity contribution in [2.45, 2.75) is 39.4 Å². The first-order chi connectivity index (χ1) is 5.81. The van der Waals surface area contributed by atoms with Crippen molar-refractivity contribution < 1.29 is 0 Å². The number of hydrogen-bond donors (Lipinski definition) is 1. The van der Waals surface area contributed by atoms with Crippen molar-refractivity contribution in [1.82, 2.24) is 15.1 Å². The number of aromatic nitrogens is 2. The maximum Gasteiger partial charge on any atom is 0.0810 e. The van der Waals surface area contributed by atoms with Crippen LogP contribution in [0.5, 0.6) is 0 Å². The van der Waals surface area contributed by atoms with Crippen LogP contribution in [0.3, 0.4) is 0 Å². The number of nitrogens with one attached hydrogen (secondary N) is 1. The zero-order chi connectivity index (χ0) is 8.55. The predicted octanol–water partition coefficient (Wildman–Crippen LogP) is 1.46. The van der Waals surface area contributed by atoms with Gasteiger partial charge in [0.25, 0.3) is 0 Å². The van der Waals surface area contributed by atoms with Crippen LogP contribution in [-0.2, 0) is 13.1 Å². The fraction of sp³-hybridized carbons (Fsp3) is 0.667. The second-order valence-electron chi connectivity index (χ2n) is 3.40. The van der Waals surface area contributed by atoms with E-state index in [1.54, 1.807) is 0 Å². The van der Waals surface area contributed by atoms with Crippen LogP contribution in [0, 0.1) is 0 Å². The second-order valence-corrected chi connectivity index (χ2v) is 3.40. The molecule has 1 aromatic heterocycles. The van der Waals surface area contributed by atoms with Gasteiger partial charge in [0.05, 0.1) is 5.69 Å². The van der Waals surface area contributed by atoms with Gasteiger partial charge >= 0.3 is 0 Å². The highest BCUT2D eigenvalue weighted by molar-refractivity contribution is 5.25. The molecule has 0 bridgehead atoms. The minimum Gasteiger partial charge on any atom is -0.304 e. The Morgan fingerprint density at radius 1 is 1.75 bits per heavy atom. The summed E-state index contributed by atoms with van der Waals surface area (Å²) in [6.45, 7) is 6.34. The molecule has 0 spiro atoms. The van der Waals surface area contributed by atoms with Crippen LogP contribution >= 0.6 is 0 Å². The first-order valence-electron chi connectivity index (χ1n) is 4.61. The molecule has 2 rings (SSSR count). The van der Waals surface area contributed by atoms with Crippen LogP contribution in [0.15, 0.2) is 6.20 Å². The summed E-state index contributed by atoms with van der Waals surface area (Å²) in [5.74, 6) is 0. The average Bonchev–Trinajstić information content (AvgIpc) is 2.55. The minimum absolute atomic E-state index is 0.491.